The Morgan fingerprint density at radius 2 is 2.19 bits per heavy atom. The molecule has 0 saturated carbocycles. The molecule has 0 aliphatic carbocycles. The Morgan fingerprint density at radius 3 is 2.62 bits per heavy atom. The average molecular weight is 233 g/mol. The second-order valence-electron chi connectivity index (χ2n) is 4.28. The number of aliphatic hydroxyl groups excluding tert-OH is 1. The van der Waals surface area contributed by atoms with Crippen LogP contribution in [0.4, 0.5) is 0 Å². The molecule has 5 nitrogen and oxygen atoms in total. The number of aliphatic carboxylic acids is 1. The standard InChI is InChI=1S/C11H23NO4/c1-4-11(3,7-9(2)13)16-6-5-12-8-10(14)15/h9,12-13H,4-8H2,1-3H3,(H,14,15). The van der Waals surface area contributed by atoms with Gasteiger partial charge in [0.25, 0.3) is 0 Å². The van der Waals surface area contributed by atoms with E-state index in [2.05, 4.69) is 5.32 Å². The Morgan fingerprint density at radius 1 is 1.56 bits per heavy atom. The van der Waals surface area contributed by atoms with Crippen molar-refractivity contribution >= 4 is 5.97 Å². The van der Waals surface area contributed by atoms with E-state index in [1.807, 2.05) is 13.8 Å². The molecule has 3 N–H and O–H groups in total. The van der Waals surface area contributed by atoms with E-state index < -0.39 is 12.1 Å². The molecule has 0 saturated heterocycles. The minimum Gasteiger partial charge on any atom is -0.480 e. The fourth-order valence-electron chi connectivity index (χ4n) is 1.50. The summed E-state index contributed by atoms with van der Waals surface area (Å²) in [6.45, 7) is 6.60. The second kappa shape index (κ2) is 7.60. The molecule has 96 valence electrons. The summed E-state index contributed by atoms with van der Waals surface area (Å²) >= 11 is 0. The van der Waals surface area contributed by atoms with Crippen LogP contribution in [0, 0.1) is 0 Å². The van der Waals surface area contributed by atoms with Gasteiger partial charge in [0, 0.05) is 13.0 Å². The summed E-state index contributed by atoms with van der Waals surface area (Å²) in [6, 6.07) is 0. The molecular weight excluding hydrogens is 210 g/mol. The van der Waals surface area contributed by atoms with Crippen molar-refractivity contribution < 1.29 is 19.7 Å². The van der Waals surface area contributed by atoms with Gasteiger partial charge >= 0.3 is 5.97 Å². The van der Waals surface area contributed by atoms with Gasteiger partial charge in [-0.2, -0.15) is 0 Å². The first kappa shape index (κ1) is 15.3. The third-order valence-electron chi connectivity index (χ3n) is 2.48. The van der Waals surface area contributed by atoms with Crippen LogP contribution in [0.25, 0.3) is 0 Å². The van der Waals surface area contributed by atoms with E-state index in [0.29, 0.717) is 19.6 Å². The molecule has 5 heteroatoms. The Kier molecular flexibility index (Phi) is 7.29. The normalized spacial score (nSPS) is 16.8. The van der Waals surface area contributed by atoms with E-state index in [-0.39, 0.29) is 12.1 Å². The number of hydrogen-bond acceptors (Lipinski definition) is 4. The SMILES string of the molecule is CCC(C)(CC(C)O)OCCNCC(=O)O. The Labute approximate surface area is 96.8 Å². The lowest BCUT2D eigenvalue weighted by atomic mass is 9.96. The molecule has 2 atom stereocenters. The number of nitrogens with one attached hydrogen (secondary N) is 1. The Bertz CT molecular complexity index is 208. The number of aliphatic hydroxyl groups is 1. The molecular formula is C11H23NO4. The van der Waals surface area contributed by atoms with Crippen LogP contribution in [-0.4, -0.2) is 47.6 Å². The maximum Gasteiger partial charge on any atom is 0.317 e. The number of carbonyl (C=O) groups is 1. The first-order chi connectivity index (χ1) is 7.39. The van der Waals surface area contributed by atoms with Crippen molar-refractivity contribution in [3.8, 4) is 0 Å². The van der Waals surface area contributed by atoms with Gasteiger partial charge in [-0.05, 0) is 20.3 Å². The van der Waals surface area contributed by atoms with Gasteiger partial charge in [-0.3, -0.25) is 4.79 Å². The quantitative estimate of drug-likeness (QED) is 0.509. The van der Waals surface area contributed by atoms with E-state index in [0.717, 1.165) is 6.42 Å². The van der Waals surface area contributed by atoms with Gasteiger partial charge in [-0.1, -0.05) is 6.92 Å². The van der Waals surface area contributed by atoms with Gasteiger partial charge in [0.05, 0.1) is 24.9 Å². The van der Waals surface area contributed by atoms with Gasteiger partial charge in [0.15, 0.2) is 0 Å². The molecule has 0 bridgehead atoms. The molecule has 0 fully saturated rings. The second-order valence-corrected chi connectivity index (χ2v) is 4.28. The predicted octanol–water partition coefficient (Wildman–Crippen LogP) is 0.617. The summed E-state index contributed by atoms with van der Waals surface area (Å²) in [5.74, 6) is -0.873. The van der Waals surface area contributed by atoms with Crippen molar-refractivity contribution in [2.24, 2.45) is 0 Å². The summed E-state index contributed by atoms with van der Waals surface area (Å²) in [4.78, 5) is 10.2. The monoisotopic (exact) mass is 233 g/mol. The van der Waals surface area contributed by atoms with Gasteiger partial charge in [-0.25, -0.2) is 0 Å². The summed E-state index contributed by atoms with van der Waals surface area (Å²) in [5, 5.41) is 20.5. The van der Waals surface area contributed by atoms with Crippen LogP contribution in [0.5, 0.6) is 0 Å². The van der Waals surface area contributed by atoms with Crippen molar-refractivity contribution in [3.05, 3.63) is 0 Å². The Balaban J connectivity index is 3.73. The first-order valence-corrected chi connectivity index (χ1v) is 5.64. The zero-order valence-electron chi connectivity index (χ0n) is 10.3. The number of carboxylic acids is 1. The molecule has 0 spiro atoms. The maximum absolute atomic E-state index is 10.2. The van der Waals surface area contributed by atoms with Crippen molar-refractivity contribution in [2.45, 2.75) is 45.3 Å². The summed E-state index contributed by atoms with van der Waals surface area (Å²) in [6.07, 6.45) is 1.01. The highest BCUT2D eigenvalue weighted by atomic mass is 16.5. The van der Waals surface area contributed by atoms with Crippen LogP contribution >= 0.6 is 0 Å². The number of rotatable bonds is 9. The molecule has 0 aromatic heterocycles. The lowest BCUT2D eigenvalue weighted by molar-refractivity contribution is -0.136. The lowest BCUT2D eigenvalue weighted by Crippen LogP contribution is -2.35. The Hall–Kier alpha value is -0.650. The zero-order valence-corrected chi connectivity index (χ0v) is 10.3. The van der Waals surface area contributed by atoms with Crippen LogP contribution < -0.4 is 5.32 Å². The number of ether oxygens (including phenoxy) is 1. The minimum atomic E-state index is -0.873. The van der Waals surface area contributed by atoms with Gasteiger partial charge in [0.1, 0.15) is 0 Å². The molecule has 0 aliphatic heterocycles. The van der Waals surface area contributed by atoms with E-state index in [1.54, 1.807) is 6.92 Å². The fourth-order valence-corrected chi connectivity index (χ4v) is 1.50. The summed E-state index contributed by atoms with van der Waals surface area (Å²) < 4.78 is 5.66. The van der Waals surface area contributed by atoms with E-state index in [9.17, 15) is 9.90 Å². The van der Waals surface area contributed by atoms with Crippen molar-refractivity contribution in [1.29, 1.82) is 0 Å². The van der Waals surface area contributed by atoms with Crippen LogP contribution in [0.2, 0.25) is 0 Å². The zero-order chi connectivity index (χ0) is 12.6. The van der Waals surface area contributed by atoms with Crippen LogP contribution in [0.15, 0.2) is 0 Å². The average Bonchev–Trinajstić information content (AvgIpc) is 2.15. The summed E-state index contributed by atoms with van der Waals surface area (Å²) in [7, 11) is 0. The maximum atomic E-state index is 10.2. The topological polar surface area (TPSA) is 78.8 Å². The molecule has 0 amide bonds. The van der Waals surface area contributed by atoms with Gasteiger partial charge in [-0.15, -0.1) is 0 Å². The highest BCUT2D eigenvalue weighted by Crippen LogP contribution is 2.21. The third kappa shape index (κ3) is 7.62. The van der Waals surface area contributed by atoms with E-state index in [1.165, 1.54) is 0 Å². The molecule has 16 heavy (non-hydrogen) atoms. The van der Waals surface area contributed by atoms with Crippen LogP contribution in [0.1, 0.15) is 33.6 Å². The molecule has 0 rings (SSSR count). The summed E-state index contributed by atoms with van der Waals surface area (Å²) in [5.41, 5.74) is -0.334. The highest BCUT2D eigenvalue weighted by molar-refractivity contribution is 5.68. The molecule has 0 aromatic carbocycles. The number of carboxylic acid groups (broad SMARTS) is 1. The molecule has 0 aromatic rings. The van der Waals surface area contributed by atoms with Crippen molar-refractivity contribution in [2.75, 3.05) is 19.7 Å². The molecule has 0 heterocycles. The van der Waals surface area contributed by atoms with E-state index in [4.69, 9.17) is 9.84 Å². The number of hydrogen-bond donors (Lipinski definition) is 3. The van der Waals surface area contributed by atoms with Crippen LogP contribution in [0.3, 0.4) is 0 Å². The largest absolute Gasteiger partial charge is 0.480 e. The smallest absolute Gasteiger partial charge is 0.317 e. The lowest BCUT2D eigenvalue weighted by Gasteiger charge is -2.30. The molecule has 0 radical (unpaired) electrons. The van der Waals surface area contributed by atoms with Crippen molar-refractivity contribution in [1.82, 2.24) is 5.32 Å². The molecule has 2 unspecified atom stereocenters. The third-order valence-corrected chi connectivity index (χ3v) is 2.48. The fraction of sp³-hybridized carbons (Fsp3) is 0.909. The van der Waals surface area contributed by atoms with E-state index >= 15 is 0 Å². The van der Waals surface area contributed by atoms with Gasteiger partial charge < -0.3 is 20.3 Å². The first-order valence-electron chi connectivity index (χ1n) is 5.64. The van der Waals surface area contributed by atoms with Crippen molar-refractivity contribution in [3.63, 3.8) is 0 Å². The van der Waals surface area contributed by atoms with Crippen LogP contribution in [-0.2, 0) is 9.53 Å². The predicted molar refractivity (Wildman–Crippen MR) is 61.5 cm³/mol. The highest BCUT2D eigenvalue weighted by Gasteiger charge is 2.24. The minimum absolute atomic E-state index is 0.0530. The molecule has 0 aliphatic rings. The van der Waals surface area contributed by atoms with Gasteiger partial charge in [0.2, 0.25) is 0 Å².